The monoisotopic (exact) mass is 256 g/mol. The summed E-state index contributed by atoms with van der Waals surface area (Å²) in [6.07, 6.45) is 2.33. The summed E-state index contributed by atoms with van der Waals surface area (Å²) in [5.41, 5.74) is 0. The molecule has 0 saturated heterocycles. The molecule has 0 atom stereocenters. The van der Waals surface area contributed by atoms with E-state index in [2.05, 4.69) is 0 Å². The molecule has 0 rings (SSSR count). The Morgan fingerprint density at radius 3 is 1.00 bits per heavy atom. The fourth-order valence-corrected chi connectivity index (χ4v) is 0.588. The summed E-state index contributed by atoms with van der Waals surface area (Å²) in [5, 5.41) is 16.7. The van der Waals surface area contributed by atoms with Crippen molar-refractivity contribution >= 4 is 11.6 Å². The maximum atomic E-state index is 10.0. The van der Waals surface area contributed by atoms with Crippen LogP contribution >= 0.6 is 0 Å². The molecular formula is C10H16FeO4. The summed E-state index contributed by atoms with van der Waals surface area (Å²) in [6.45, 7) is 5.70. The molecule has 4 nitrogen and oxygen atoms in total. The van der Waals surface area contributed by atoms with Crippen LogP contribution in [0.3, 0.4) is 0 Å². The molecule has 0 unspecified atom stereocenters. The molecule has 0 fully saturated rings. The van der Waals surface area contributed by atoms with Crippen molar-refractivity contribution in [3.8, 4) is 0 Å². The quantitative estimate of drug-likeness (QED) is 0.450. The SMILES string of the molecule is CC(=O)C=C(C)O.CC(=O)C=C(C)O.[Fe]. The van der Waals surface area contributed by atoms with Crippen LogP contribution in [0.15, 0.2) is 23.7 Å². The van der Waals surface area contributed by atoms with Gasteiger partial charge < -0.3 is 10.2 Å². The number of hydrogen-bond donors (Lipinski definition) is 2. The van der Waals surface area contributed by atoms with Crippen molar-refractivity contribution in [1.82, 2.24) is 0 Å². The van der Waals surface area contributed by atoms with Gasteiger partial charge in [-0.2, -0.15) is 0 Å². The second kappa shape index (κ2) is 11.0. The van der Waals surface area contributed by atoms with Gasteiger partial charge in [0, 0.05) is 29.2 Å². The van der Waals surface area contributed by atoms with Gasteiger partial charge in [-0.05, 0) is 27.7 Å². The number of rotatable bonds is 2. The van der Waals surface area contributed by atoms with Gasteiger partial charge in [0.2, 0.25) is 0 Å². The molecule has 2 N–H and O–H groups in total. The van der Waals surface area contributed by atoms with Gasteiger partial charge in [-0.1, -0.05) is 0 Å². The van der Waals surface area contributed by atoms with E-state index in [4.69, 9.17) is 10.2 Å². The molecule has 0 spiro atoms. The van der Waals surface area contributed by atoms with Crippen molar-refractivity contribution in [3.63, 3.8) is 0 Å². The Morgan fingerprint density at radius 1 is 0.800 bits per heavy atom. The summed E-state index contributed by atoms with van der Waals surface area (Å²) in [6, 6.07) is 0. The van der Waals surface area contributed by atoms with Gasteiger partial charge >= 0.3 is 0 Å². The zero-order chi connectivity index (χ0) is 11.7. The zero-order valence-electron chi connectivity index (χ0n) is 9.22. The van der Waals surface area contributed by atoms with Crippen LogP contribution in [0.2, 0.25) is 0 Å². The second-order valence-electron chi connectivity index (χ2n) is 2.79. The molecular weight excluding hydrogens is 240 g/mol. The van der Waals surface area contributed by atoms with Crippen LogP contribution in [0.4, 0.5) is 0 Å². The molecule has 0 aliphatic rings. The van der Waals surface area contributed by atoms with Crippen molar-refractivity contribution in [1.29, 1.82) is 0 Å². The Balaban J connectivity index is -0.000000180. The van der Waals surface area contributed by atoms with Crippen LogP contribution in [0.25, 0.3) is 0 Å². The maximum absolute atomic E-state index is 10.0. The van der Waals surface area contributed by atoms with Crippen molar-refractivity contribution in [2.75, 3.05) is 0 Å². The van der Waals surface area contributed by atoms with E-state index < -0.39 is 0 Å². The second-order valence-corrected chi connectivity index (χ2v) is 2.79. The van der Waals surface area contributed by atoms with E-state index in [9.17, 15) is 9.59 Å². The third-order valence-corrected chi connectivity index (χ3v) is 0.824. The Hall–Kier alpha value is -1.06. The third kappa shape index (κ3) is 32.2. The molecule has 0 aromatic rings. The Morgan fingerprint density at radius 2 is 1.00 bits per heavy atom. The minimum atomic E-state index is -0.125. The van der Waals surface area contributed by atoms with E-state index in [1.165, 1.54) is 39.8 Å². The Labute approximate surface area is 100 Å². The number of ketones is 2. The average Bonchev–Trinajstić information content (AvgIpc) is 1.79. The fraction of sp³-hybridized carbons (Fsp3) is 0.400. The number of hydrogen-bond acceptors (Lipinski definition) is 4. The van der Waals surface area contributed by atoms with Gasteiger partial charge in [0.1, 0.15) is 0 Å². The molecule has 88 valence electrons. The van der Waals surface area contributed by atoms with Gasteiger partial charge in [0.05, 0.1) is 11.5 Å². The predicted octanol–water partition coefficient (Wildman–Crippen LogP) is 2.07. The molecule has 5 heteroatoms. The van der Waals surface area contributed by atoms with Crippen LogP contribution < -0.4 is 0 Å². The first-order chi connectivity index (χ1) is 6.25. The summed E-state index contributed by atoms with van der Waals surface area (Å²) in [7, 11) is 0. The topological polar surface area (TPSA) is 74.6 Å². The number of aliphatic hydroxyl groups is 2. The number of aliphatic hydroxyl groups excluding tert-OH is 2. The van der Waals surface area contributed by atoms with E-state index >= 15 is 0 Å². The molecule has 0 aromatic carbocycles. The Kier molecular flexibility index (Phi) is 14.3. The van der Waals surface area contributed by atoms with Gasteiger partial charge in [-0.15, -0.1) is 0 Å². The average molecular weight is 256 g/mol. The minimum Gasteiger partial charge on any atom is -0.512 e. The first-order valence-electron chi connectivity index (χ1n) is 4.01. The van der Waals surface area contributed by atoms with Crippen LogP contribution in [0, 0.1) is 0 Å². The molecule has 0 heterocycles. The summed E-state index contributed by atoms with van der Waals surface area (Å²) < 4.78 is 0. The van der Waals surface area contributed by atoms with Crippen LogP contribution in [-0.2, 0) is 26.7 Å². The van der Waals surface area contributed by atoms with E-state index in [0.29, 0.717) is 0 Å². The van der Waals surface area contributed by atoms with E-state index in [0.717, 1.165) is 0 Å². The van der Waals surface area contributed by atoms with Gasteiger partial charge in [-0.25, -0.2) is 0 Å². The van der Waals surface area contributed by atoms with Crippen molar-refractivity contribution in [3.05, 3.63) is 23.7 Å². The third-order valence-electron chi connectivity index (χ3n) is 0.824. The number of carbonyl (C=O) groups is 2. The molecule has 15 heavy (non-hydrogen) atoms. The van der Waals surface area contributed by atoms with E-state index in [-0.39, 0.29) is 40.2 Å². The van der Waals surface area contributed by atoms with Crippen LogP contribution in [-0.4, -0.2) is 21.8 Å². The number of carbonyl (C=O) groups excluding carboxylic acids is 2. The standard InChI is InChI=1S/2C5H8O2.Fe/c2*1-4(6)3-5(2)7;/h2*3,6H,1-2H3;. The van der Waals surface area contributed by atoms with Crippen molar-refractivity contribution in [2.45, 2.75) is 27.7 Å². The van der Waals surface area contributed by atoms with E-state index in [1.807, 2.05) is 0 Å². The van der Waals surface area contributed by atoms with Crippen molar-refractivity contribution < 1.29 is 36.9 Å². The zero-order valence-corrected chi connectivity index (χ0v) is 10.3. The smallest absolute Gasteiger partial charge is 0.155 e. The molecule has 0 aliphatic heterocycles. The van der Waals surface area contributed by atoms with Gasteiger partial charge in [0.15, 0.2) is 11.6 Å². The summed E-state index contributed by atoms with van der Waals surface area (Å²) in [5.74, 6) is -0.125. The van der Waals surface area contributed by atoms with E-state index in [1.54, 1.807) is 0 Å². The minimum absolute atomic E-state index is 0. The first kappa shape index (κ1) is 19.5. The molecule has 0 bridgehead atoms. The predicted molar refractivity (Wildman–Crippen MR) is 54.1 cm³/mol. The van der Waals surface area contributed by atoms with Gasteiger partial charge in [0.25, 0.3) is 0 Å². The van der Waals surface area contributed by atoms with Crippen LogP contribution in [0.5, 0.6) is 0 Å². The van der Waals surface area contributed by atoms with Gasteiger partial charge in [-0.3, -0.25) is 9.59 Å². The van der Waals surface area contributed by atoms with Crippen LogP contribution in [0.1, 0.15) is 27.7 Å². The molecule has 0 aromatic heterocycles. The first-order valence-corrected chi connectivity index (χ1v) is 4.01. The number of allylic oxidation sites excluding steroid dienone is 4. The molecule has 0 saturated carbocycles. The summed E-state index contributed by atoms with van der Waals surface area (Å²) >= 11 is 0. The fourth-order valence-electron chi connectivity index (χ4n) is 0.588. The Bertz CT molecular complexity index is 231. The molecule has 0 aliphatic carbocycles. The molecule has 0 amide bonds. The largest absolute Gasteiger partial charge is 0.512 e. The maximum Gasteiger partial charge on any atom is 0.155 e. The van der Waals surface area contributed by atoms with Crippen molar-refractivity contribution in [2.24, 2.45) is 0 Å². The molecule has 0 radical (unpaired) electrons. The summed E-state index contributed by atoms with van der Waals surface area (Å²) in [4.78, 5) is 20.0. The normalized spacial score (nSPS) is 10.7.